The van der Waals surface area contributed by atoms with Gasteiger partial charge in [-0.05, 0) is 52.4 Å². The summed E-state index contributed by atoms with van der Waals surface area (Å²) in [6.07, 6.45) is 0.683. The molecule has 1 fully saturated rings. The zero-order valence-corrected chi connectivity index (χ0v) is 18.6. The molecule has 0 aromatic heterocycles. The molecule has 156 valence electrons. The Kier molecular flexibility index (Phi) is 7.59. The molecule has 3 unspecified atom stereocenters. The van der Waals surface area contributed by atoms with Gasteiger partial charge in [0.05, 0.1) is 34.2 Å². The first-order valence-electron chi connectivity index (χ1n) is 9.44. The minimum absolute atomic E-state index is 0.270. The van der Waals surface area contributed by atoms with Crippen molar-refractivity contribution in [1.29, 1.82) is 0 Å². The number of carbonyl (C=O) groups is 2. The molecule has 1 aromatic carbocycles. The smallest absolute Gasteiger partial charge is 0.317 e. The van der Waals surface area contributed by atoms with Gasteiger partial charge in [-0.25, -0.2) is 4.79 Å². The second kappa shape index (κ2) is 9.33. The Balaban J connectivity index is 2.17. The minimum atomic E-state index is -0.800. The predicted molar refractivity (Wildman–Crippen MR) is 112 cm³/mol. The zero-order chi connectivity index (χ0) is 21.1. The van der Waals surface area contributed by atoms with Crippen molar-refractivity contribution in [3.05, 3.63) is 33.8 Å². The molecule has 2 amide bonds. The number of hydrogen-bond acceptors (Lipinski definition) is 4. The average molecular weight is 430 g/mol. The molecule has 2 rings (SSSR count). The van der Waals surface area contributed by atoms with E-state index in [-0.39, 0.29) is 24.1 Å². The number of benzene rings is 1. The summed E-state index contributed by atoms with van der Waals surface area (Å²) in [6.45, 7) is 7.15. The Morgan fingerprint density at radius 1 is 1.43 bits per heavy atom. The number of likely N-dealkylation sites (tertiary alicyclic amines) is 1. The molecule has 1 heterocycles. The standard InChI is InChI=1S/C20H29Cl2N3O3/c1-6-28-18(26)20(3)12-24(4)11-10-16(20)25(5)19(27)23-13(2)14-8-7-9-15(21)17(14)22/h7-9,13,16H,6,10-12H2,1-5H3,(H,23,27). The van der Waals surface area contributed by atoms with Gasteiger partial charge in [-0.15, -0.1) is 0 Å². The maximum absolute atomic E-state index is 12.9. The van der Waals surface area contributed by atoms with Crippen molar-refractivity contribution in [2.45, 2.75) is 39.3 Å². The summed E-state index contributed by atoms with van der Waals surface area (Å²) in [6, 6.07) is 4.46. The number of esters is 1. The summed E-state index contributed by atoms with van der Waals surface area (Å²) >= 11 is 12.4. The van der Waals surface area contributed by atoms with E-state index in [0.717, 1.165) is 12.1 Å². The highest BCUT2D eigenvalue weighted by atomic mass is 35.5. The Labute approximate surface area is 177 Å². The highest BCUT2D eigenvalue weighted by Gasteiger charge is 2.49. The van der Waals surface area contributed by atoms with Gasteiger partial charge in [-0.2, -0.15) is 0 Å². The number of carbonyl (C=O) groups excluding carboxylic acids is 2. The van der Waals surface area contributed by atoms with Crippen LogP contribution in [-0.4, -0.2) is 61.6 Å². The van der Waals surface area contributed by atoms with Crippen molar-refractivity contribution >= 4 is 35.2 Å². The molecule has 3 atom stereocenters. The summed E-state index contributed by atoms with van der Waals surface area (Å²) in [5.41, 5.74) is -0.0566. The third-order valence-corrected chi connectivity index (χ3v) is 6.27. The molecular formula is C20H29Cl2N3O3. The lowest BCUT2D eigenvalue weighted by Gasteiger charge is -2.46. The Morgan fingerprint density at radius 3 is 2.75 bits per heavy atom. The Hall–Kier alpha value is -1.50. The lowest BCUT2D eigenvalue weighted by atomic mass is 9.76. The molecule has 0 spiro atoms. The molecule has 1 N–H and O–H groups in total. The molecule has 1 aliphatic rings. The van der Waals surface area contributed by atoms with E-state index in [0.29, 0.717) is 29.6 Å². The summed E-state index contributed by atoms with van der Waals surface area (Å²) in [5, 5.41) is 3.83. The molecule has 6 nitrogen and oxygen atoms in total. The van der Waals surface area contributed by atoms with Gasteiger partial charge in [0.15, 0.2) is 0 Å². The van der Waals surface area contributed by atoms with E-state index in [1.54, 1.807) is 31.0 Å². The first-order chi connectivity index (χ1) is 13.1. The number of piperidine rings is 1. The van der Waals surface area contributed by atoms with Crippen LogP contribution in [0.1, 0.15) is 38.8 Å². The molecule has 1 saturated heterocycles. The molecule has 1 aliphatic heterocycles. The second-order valence-corrected chi connectivity index (χ2v) is 8.39. The third kappa shape index (κ3) is 4.73. The quantitative estimate of drug-likeness (QED) is 0.719. The fourth-order valence-electron chi connectivity index (χ4n) is 3.89. The molecule has 0 aliphatic carbocycles. The lowest BCUT2D eigenvalue weighted by molar-refractivity contribution is -0.161. The molecular weight excluding hydrogens is 401 g/mol. The zero-order valence-electron chi connectivity index (χ0n) is 17.1. The van der Waals surface area contributed by atoms with Crippen LogP contribution in [0.25, 0.3) is 0 Å². The SMILES string of the molecule is CCOC(=O)C1(C)CN(C)CCC1N(C)C(=O)NC(C)c1cccc(Cl)c1Cl. The second-order valence-electron chi connectivity index (χ2n) is 7.61. The molecule has 28 heavy (non-hydrogen) atoms. The van der Waals surface area contributed by atoms with Gasteiger partial charge in [0, 0.05) is 13.6 Å². The summed E-state index contributed by atoms with van der Waals surface area (Å²) in [7, 11) is 3.69. The van der Waals surface area contributed by atoms with Crippen LogP contribution in [0.4, 0.5) is 4.79 Å². The maximum Gasteiger partial charge on any atom is 0.317 e. The van der Waals surface area contributed by atoms with Crippen molar-refractivity contribution in [3.63, 3.8) is 0 Å². The number of halogens is 2. The van der Waals surface area contributed by atoms with Crippen LogP contribution < -0.4 is 5.32 Å². The van der Waals surface area contributed by atoms with E-state index in [1.165, 1.54) is 0 Å². The van der Waals surface area contributed by atoms with Gasteiger partial charge >= 0.3 is 12.0 Å². The first kappa shape index (κ1) is 22.8. The van der Waals surface area contributed by atoms with Crippen molar-refractivity contribution in [2.24, 2.45) is 5.41 Å². The highest BCUT2D eigenvalue weighted by Crippen LogP contribution is 2.35. The van der Waals surface area contributed by atoms with Crippen LogP contribution >= 0.6 is 23.2 Å². The normalized spacial score (nSPS) is 23.8. The highest BCUT2D eigenvalue weighted by molar-refractivity contribution is 6.42. The van der Waals surface area contributed by atoms with E-state index in [2.05, 4.69) is 10.2 Å². The monoisotopic (exact) mass is 429 g/mol. The van der Waals surface area contributed by atoms with E-state index in [9.17, 15) is 9.59 Å². The van der Waals surface area contributed by atoms with Crippen LogP contribution in [-0.2, 0) is 9.53 Å². The van der Waals surface area contributed by atoms with Crippen LogP contribution in [0, 0.1) is 5.41 Å². The molecule has 0 saturated carbocycles. The van der Waals surface area contributed by atoms with E-state index in [4.69, 9.17) is 27.9 Å². The maximum atomic E-state index is 12.9. The average Bonchev–Trinajstić information content (AvgIpc) is 2.63. The third-order valence-electron chi connectivity index (χ3n) is 5.44. The van der Waals surface area contributed by atoms with Crippen LogP contribution in [0.5, 0.6) is 0 Å². The number of urea groups is 1. The van der Waals surface area contributed by atoms with E-state index < -0.39 is 5.41 Å². The molecule has 0 bridgehead atoms. The predicted octanol–water partition coefficient (Wildman–Crippen LogP) is 3.97. The van der Waals surface area contributed by atoms with E-state index in [1.807, 2.05) is 27.0 Å². The van der Waals surface area contributed by atoms with Gasteiger partial charge in [-0.3, -0.25) is 4.79 Å². The van der Waals surface area contributed by atoms with Gasteiger partial charge < -0.3 is 19.9 Å². The number of hydrogen-bond donors (Lipinski definition) is 1. The van der Waals surface area contributed by atoms with Crippen LogP contribution in [0.3, 0.4) is 0 Å². The number of ether oxygens (including phenoxy) is 1. The number of amides is 2. The number of rotatable bonds is 5. The Bertz CT molecular complexity index is 731. The fraction of sp³-hybridized carbons (Fsp3) is 0.600. The molecule has 0 radical (unpaired) electrons. The van der Waals surface area contributed by atoms with E-state index >= 15 is 0 Å². The van der Waals surface area contributed by atoms with Crippen molar-refractivity contribution < 1.29 is 14.3 Å². The van der Waals surface area contributed by atoms with Gasteiger partial charge in [0.25, 0.3) is 0 Å². The van der Waals surface area contributed by atoms with Crippen molar-refractivity contribution in [3.8, 4) is 0 Å². The van der Waals surface area contributed by atoms with Gasteiger partial charge in [0.2, 0.25) is 0 Å². The molecule has 1 aromatic rings. The van der Waals surface area contributed by atoms with Crippen molar-refractivity contribution in [1.82, 2.24) is 15.1 Å². The van der Waals surface area contributed by atoms with Gasteiger partial charge in [0.1, 0.15) is 0 Å². The minimum Gasteiger partial charge on any atom is -0.465 e. The fourth-order valence-corrected chi connectivity index (χ4v) is 4.36. The first-order valence-corrected chi connectivity index (χ1v) is 10.2. The summed E-state index contributed by atoms with van der Waals surface area (Å²) in [4.78, 5) is 29.3. The lowest BCUT2D eigenvalue weighted by Crippen LogP contribution is -2.61. The van der Waals surface area contributed by atoms with Crippen molar-refractivity contribution in [2.75, 3.05) is 33.8 Å². The number of nitrogens with one attached hydrogen (secondary N) is 1. The van der Waals surface area contributed by atoms with Crippen LogP contribution in [0.15, 0.2) is 18.2 Å². The Morgan fingerprint density at radius 2 is 2.11 bits per heavy atom. The topological polar surface area (TPSA) is 61.9 Å². The molecule has 8 heteroatoms. The summed E-state index contributed by atoms with van der Waals surface area (Å²) in [5.74, 6) is -0.280. The van der Waals surface area contributed by atoms with Gasteiger partial charge in [-0.1, -0.05) is 35.3 Å². The summed E-state index contributed by atoms with van der Waals surface area (Å²) < 4.78 is 5.32. The largest absolute Gasteiger partial charge is 0.465 e. The van der Waals surface area contributed by atoms with Crippen LogP contribution in [0.2, 0.25) is 10.0 Å². The number of nitrogens with zero attached hydrogens (tertiary/aromatic N) is 2.